The van der Waals surface area contributed by atoms with Crippen LogP contribution in [0.1, 0.15) is 16.8 Å². The van der Waals surface area contributed by atoms with Crippen LogP contribution in [0, 0.1) is 11.3 Å². The van der Waals surface area contributed by atoms with Crippen molar-refractivity contribution in [3.63, 3.8) is 0 Å². The molecule has 2 rings (SSSR count). The molecule has 5 nitrogen and oxygen atoms in total. The molecule has 0 unspecified atom stereocenters. The molecule has 106 valence electrons. The number of rotatable bonds is 3. The minimum absolute atomic E-state index is 0.0120. The number of benzene rings is 1. The molecule has 1 heterocycles. The van der Waals surface area contributed by atoms with Crippen LogP contribution in [-0.2, 0) is 0 Å². The third-order valence-electron chi connectivity index (χ3n) is 3.37. The van der Waals surface area contributed by atoms with Crippen LogP contribution >= 0.6 is 15.9 Å². The number of carbonyl (C=O) groups is 1. The number of nitrogens with two attached hydrogens (primary N) is 1. The van der Waals surface area contributed by atoms with Gasteiger partial charge in [0.25, 0.3) is 5.91 Å². The summed E-state index contributed by atoms with van der Waals surface area (Å²) in [5, 5.41) is 8.58. The van der Waals surface area contributed by atoms with Gasteiger partial charge in [0, 0.05) is 54.9 Å². The summed E-state index contributed by atoms with van der Waals surface area (Å²) in [4.78, 5) is 16.5. The second-order valence-electron chi connectivity index (χ2n) is 4.82. The van der Waals surface area contributed by atoms with Crippen molar-refractivity contribution in [3.8, 4) is 6.07 Å². The first-order valence-corrected chi connectivity index (χ1v) is 7.34. The van der Waals surface area contributed by atoms with Gasteiger partial charge in [-0.05, 0) is 18.2 Å². The van der Waals surface area contributed by atoms with Crippen molar-refractivity contribution in [1.29, 1.82) is 5.26 Å². The lowest BCUT2D eigenvalue weighted by Gasteiger charge is -2.34. The van der Waals surface area contributed by atoms with Crippen LogP contribution in [0.15, 0.2) is 22.7 Å². The third-order valence-corrected chi connectivity index (χ3v) is 3.82. The number of anilines is 1. The average Bonchev–Trinajstić information content (AvgIpc) is 2.44. The Balaban J connectivity index is 1.96. The number of nitrogens with zero attached hydrogens (tertiary/aromatic N) is 3. The van der Waals surface area contributed by atoms with Crippen molar-refractivity contribution >= 4 is 27.5 Å². The normalized spacial score (nSPS) is 15.9. The minimum atomic E-state index is 0.0120. The Bertz CT molecular complexity index is 512. The first-order valence-electron chi connectivity index (χ1n) is 6.55. The molecule has 0 atom stereocenters. The van der Waals surface area contributed by atoms with Gasteiger partial charge in [0.1, 0.15) is 0 Å². The van der Waals surface area contributed by atoms with Crippen LogP contribution in [0.2, 0.25) is 0 Å². The summed E-state index contributed by atoms with van der Waals surface area (Å²) in [5.41, 5.74) is 6.96. The smallest absolute Gasteiger partial charge is 0.254 e. The Labute approximate surface area is 127 Å². The monoisotopic (exact) mass is 336 g/mol. The summed E-state index contributed by atoms with van der Waals surface area (Å²) in [6.07, 6.45) is 0.538. The number of carbonyl (C=O) groups excluding carboxylic acids is 1. The van der Waals surface area contributed by atoms with E-state index in [1.54, 1.807) is 18.2 Å². The highest BCUT2D eigenvalue weighted by Crippen LogP contribution is 2.19. The van der Waals surface area contributed by atoms with Crippen molar-refractivity contribution in [2.45, 2.75) is 6.42 Å². The molecule has 6 heteroatoms. The zero-order valence-electron chi connectivity index (χ0n) is 11.2. The predicted octanol–water partition coefficient (Wildman–Crippen LogP) is 1.70. The van der Waals surface area contributed by atoms with E-state index in [0.29, 0.717) is 30.8 Å². The van der Waals surface area contributed by atoms with E-state index in [9.17, 15) is 4.79 Å². The number of amides is 1. The Morgan fingerprint density at radius 1 is 1.30 bits per heavy atom. The molecule has 0 spiro atoms. The quantitative estimate of drug-likeness (QED) is 0.852. The molecule has 1 saturated heterocycles. The van der Waals surface area contributed by atoms with E-state index in [2.05, 4.69) is 26.9 Å². The highest BCUT2D eigenvalue weighted by Gasteiger charge is 2.22. The van der Waals surface area contributed by atoms with Gasteiger partial charge in [-0.1, -0.05) is 15.9 Å². The fraction of sp³-hybridized carbons (Fsp3) is 0.429. The van der Waals surface area contributed by atoms with Crippen LogP contribution in [0.3, 0.4) is 0 Å². The van der Waals surface area contributed by atoms with E-state index in [0.717, 1.165) is 24.1 Å². The number of halogens is 1. The standard InChI is InChI=1S/C14H17BrN4O/c15-12-8-11(9-13(17)10-12)14(20)19-6-4-18(5-7-19)3-1-2-16/h8-10H,1,3-7,17H2. The molecule has 1 aliphatic heterocycles. The predicted molar refractivity (Wildman–Crippen MR) is 81.1 cm³/mol. The zero-order valence-corrected chi connectivity index (χ0v) is 12.8. The molecule has 1 aliphatic rings. The molecule has 0 saturated carbocycles. The highest BCUT2D eigenvalue weighted by atomic mass is 79.9. The summed E-state index contributed by atoms with van der Waals surface area (Å²) in [5.74, 6) is 0.0120. The van der Waals surface area contributed by atoms with Crippen molar-refractivity contribution in [3.05, 3.63) is 28.2 Å². The molecule has 0 radical (unpaired) electrons. The Kier molecular flexibility index (Phi) is 4.99. The molecule has 1 aromatic rings. The first kappa shape index (κ1) is 14.8. The fourth-order valence-electron chi connectivity index (χ4n) is 2.30. The lowest BCUT2D eigenvalue weighted by atomic mass is 10.1. The topological polar surface area (TPSA) is 73.4 Å². The molecule has 0 bridgehead atoms. The molecule has 1 fully saturated rings. The maximum Gasteiger partial charge on any atom is 0.254 e. The molecular formula is C14H17BrN4O. The van der Waals surface area contributed by atoms with E-state index in [4.69, 9.17) is 11.0 Å². The summed E-state index contributed by atoms with van der Waals surface area (Å²) in [6.45, 7) is 3.80. The summed E-state index contributed by atoms with van der Waals surface area (Å²) >= 11 is 3.35. The summed E-state index contributed by atoms with van der Waals surface area (Å²) < 4.78 is 0.813. The number of piperazine rings is 1. The van der Waals surface area contributed by atoms with Gasteiger partial charge in [0.15, 0.2) is 0 Å². The van der Waals surface area contributed by atoms with E-state index >= 15 is 0 Å². The molecule has 0 aliphatic carbocycles. The van der Waals surface area contributed by atoms with Crippen LogP contribution in [0.25, 0.3) is 0 Å². The average molecular weight is 337 g/mol. The molecule has 0 aromatic heterocycles. The molecule has 2 N–H and O–H groups in total. The number of hydrogen-bond donors (Lipinski definition) is 1. The molecule has 1 aromatic carbocycles. The van der Waals surface area contributed by atoms with Gasteiger partial charge >= 0.3 is 0 Å². The largest absolute Gasteiger partial charge is 0.399 e. The van der Waals surface area contributed by atoms with Gasteiger partial charge in [0.05, 0.1) is 6.07 Å². The SMILES string of the molecule is N#CCCN1CCN(C(=O)c2cc(N)cc(Br)c2)CC1. The minimum Gasteiger partial charge on any atom is -0.399 e. The number of nitrogen functional groups attached to an aromatic ring is 1. The van der Waals surface area contributed by atoms with Crippen LogP contribution in [0.5, 0.6) is 0 Å². The lowest BCUT2D eigenvalue weighted by molar-refractivity contribution is 0.0639. The summed E-state index contributed by atoms with van der Waals surface area (Å²) in [7, 11) is 0. The van der Waals surface area contributed by atoms with Crippen LogP contribution < -0.4 is 5.73 Å². The second-order valence-corrected chi connectivity index (χ2v) is 5.73. The Morgan fingerprint density at radius 2 is 2.00 bits per heavy atom. The van der Waals surface area contributed by atoms with Gasteiger partial charge in [-0.3, -0.25) is 9.69 Å². The summed E-state index contributed by atoms with van der Waals surface area (Å²) in [6, 6.07) is 7.42. The van der Waals surface area contributed by atoms with Crippen molar-refractivity contribution < 1.29 is 4.79 Å². The van der Waals surface area contributed by atoms with Crippen LogP contribution in [-0.4, -0.2) is 48.4 Å². The maximum atomic E-state index is 12.4. The van der Waals surface area contributed by atoms with E-state index < -0.39 is 0 Å². The number of hydrogen-bond acceptors (Lipinski definition) is 4. The van der Waals surface area contributed by atoms with Crippen molar-refractivity contribution in [2.24, 2.45) is 0 Å². The van der Waals surface area contributed by atoms with Crippen molar-refractivity contribution in [1.82, 2.24) is 9.80 Å². The first-order chi connectivity index (χ1) is 9.60. The van der Waals surface area contributed by atoms with E-state index in [-0.39, 0.29) is 5.91 Å². The maximum absolute atomic E-state index is 12.4. The van der Waals surface area contributed by atoms with E-state index in [1.165, 1.54) is 0 Å². The van der Waals surface area contributed by atoms with Crippen LogP contribution in [0.4, 0.5) is 5.69 Å². The Hall–Kier alpha value is -1.58. The zero-order chi connectivity index (χ0) is 14.5. The van der Waals surface area contributed by atoms with Gasteiger partial charge in [-0.2, -0.15) is 5.26 Å². The molecular weight excluding hydrogens is 320 g/mol. The lowest BCUT2D eigenvalue weighted by Crippen LogP contribution is -2.48. The van der Waals surface area contributed by atoms with Gasteiger partial charge in [0.2, 0.25) is 0 Å². The third kappa shape index (κ3) is 3.71. The number of nitriles is 1. The second kappa shape index (κ2) is 6.73. The molecule has 20 heavy (non-hydrogen) atoms. The van der Waals surface area contributed by atoms with Gasteiger partial charge in [-0.15, -0.1) is 0 Å². The fourth-order valence-corrected chi connectivity index (χ4v) is 2.81. The highest BCUT2D eigenvalue weighted by molar-refractivity contribution is 9.10. The van der Waals surface area contributed by atoms with Crippen molar-refractivity contribution in [2.75, 3.05) is 38.5 Å². The van der Waals surface area contributed by atoms with Gasteiger partial charge in [-0.25, -0.2) is 0 Å². The van der Waals surface area contributed by atoms with E-state index in [1.807, 2.05) is 4.90 Å². The Morgan fingerprint density at radius 3 is 2.60 bits per heavy atom. The molecule has 1 amide bonds. The van der Waals surface area contributed by atoms with Gasteiger partial charge < -0.3 is 10.6 Å².